The Balaban J connectivity index is 1.59. The maximum absolute atomic E-state index is 12.8. The largest absolute Gasteiger partial charge is 0.477 e. The molecule has 3 rings (SSSR count). The quantitative estimate of drug-likeness (QED) is 0.328. The number of aliphatic hydroxyl groups excluding tert-OH is 1. The van der Waals surface area contributed by atoms with E-state index in [-0.39, 0.29) is 47.7 Å². The van der Waals surface area contributed by atoms with Gasteiger partial charge in [0.2, 0.25) is 5.91 Å². The zero-order valence-corrected chi connectivity index (χ0v) is 22.7. The first kappa shape index (κ1) is 29.4. The molecular weight excluding hydrogens is 510 g/mol. The summed E-state index contributed by atoms with van der Waals surface area (Å²) in [6, 6.07) is 6.10. The standard InChI is InChI=1S/C27H37N3O7S/c1-27(2,18-31)17-30-16-21(10-13-23(30)26(34)35)25(33)29-38(36,37)22-11-8-19(9-12-22)14-15-28-24(32)20-6-4-3-5-7-20/h8-13,20,31H,3-7,14-18H2,1-2H3,(H,28,32)(H,29,33)(H,34,35). The van der Waals surface area contributed by atoms with E-state index < -0.39 is 27.3 Å². The number of rotatable bonds is 11. The molecule has 1 saturated carbocycles. The van der Waals surface area contributed by atoms with Gasteiger partial charge in [0.05, 0.1) is 4.90 Å². The molecule has 38 heavy (non-hydrogen) atoms. The SMILES string of the molecule is CC(C)(CO)CN1CC(C(=O)NS(=O)(=O)c2ccc(CCNC(=O)C3CCCCC3)cc2)=CC=C1C(=O)O. The number of carbonyl (C=O) groups excluding carboxylic acids is 2. The van der Waals surface area contributed by atoms with Crippen molar-refractivity contribution < 1.29 is 33.0 Å². The molecule has 0 bridgehead atoms. The summed E-state index contributed by atoms with van der Waals surface area (Å²) in [6.07, 6.45) is 8.30. The molecule has 2 aliphatic rings. The minimum absolute atomic E-state index is 0.0450. The molecule has 0 saturated heterocycles. The summed E-state index contributed by atoms with van der Waals surface area (Å²) in [7, 11) is -4.17. The Morgan fingerprint density at radius 1 is 1.05 bits per heavy atom. The van der Waals surface area contributed by atoms with Crippen LogP contribution in [-0.2, 0) is 30.8 Å². The number of amides is 2. The number of aliphatic hydroxyl groups is 1. The Labute approximate surface area is 223 Å². The fourth-order valence-corrected chi connectivity index (χ4v) is 5.60. The molecule has 1 fully saturated rings. The first-order valence-electron chi connectivity index (χ1n) is 12.9. The fourth-order valence-electron chi connectivity index (χ4n) is 4.61. The third kappa shape index (κ3) is 7.91. The lowest BCUT2D eigenvalue weighted by molar-refractivity contribution is -0.135. The number of sulfonamides is 1. The van der Waals surface area contributed by atoms with Crippen molar-refractivity contribution in [1.29, 1.82) is 0 Å². The second-order valence-electron chi connectivity index (χ2n) is 10.7. The van der Waals surface area contributed by atoms with Crippen LogP contribution in [0.2, 0.25) is 0 Å². The Morgan fingerprint density at radius 3 is 2.32 bits per heavy atom. The van der Waals surface area contributed by atoms with Gasteiger partial charge in [0.1, 0.15) is 5.70 Å². The Hall–Kier alpha value is -3.18. The molecule has 10 nitrogen and oxygen atoms in total. The summed E-state index contributed by atoms with van der Waals surface area (Å²) >= 11 is 0. The first-order chi connectivity index (χ1) is 17.9. The van der Waals surface area contributed by atoms with Crippen molar-refractivity contribution in [1.82, 2.24) is 14.9 Å². The molecule has 2 amide bonds. The van der Waals surface area contributed by atoms with Gasteiger partial charge in [-0.15, -0.1) is 0 Å². The number of nitrogens with one attached hydrogen (secondary N) is 2. The Kier molecular flexibility index (Phi) is 9.72. The van der Waals surface area contributed by atoms with Gasteiger partial charge in [0.15, 0.2) is 0 Å². The van der Waals surface area contributed by atoms with Crippen LogP contribution < -0.4 is 10.0 Å². The van der Waals surface area contributed by atoms with E-state index in [0.717, 1.165) is 31.2 Å². The number of carbonyl (C=O) groups is 3. The topological polar surface area (TPSA) is 153 Å². The van der Waals surface area contributed by atoms with Crippen molar-refractivity contribution in [3.8, 4) is 0 Å². The lowest BCUT2D eigenvalue weighted by Crippen LogP contribution is -2.43. The highest BCUT2D eigenvalue weighted by Gasteiger charge is 2.30. The minimum Gasteiger partial charge on any atom is -0.477 e. The van der Waals surface area contributed by atoms with Crippen LogP contribution in [-0.4, -0.2) is 67.6 Å². The summed E-state index contributed by atoms with van der Waals surface area (Å²) in [5, 5.41) is 22.0. The fraction of sp³-hybridized carbons (Fsp3) is 0.519. The number of benzene rings is 1. The third-order valence-electron chi connectivity index (χ3n) is 6.85. The molecule has 1 aromatic rings. The molecule has 1 heterocycles. The molecule has 1 aromatic carbocycles. The summed E-state index contributed by atoms with van der Waals surface area (Å²) in [5.74, 6) is -1.88. The summed E-state index contributed by atoms with van der Waals surface area (Å²) in [5.41, 5.74) is 0.247. The van der Waals surface area contributed by atoms with Crippen LogP contribution >= 0.6 is 0 Å². The van der Waals surface area contributed by atoms with Crippen molar-refractivity contribution in [3.63, 3.8) is 0 Å². The van der Waals surface area contributed by atoms with E-state index in [0.29, 0.717) is 13.0 Å². The maximum Gasteiger partial charge on any atom is 0.352 e. The Morgan fingerprint density at radius 2 is 1.71 bits per heavy atom. The zero-order valence-electron chi connectivity index (χ0n) is 21.9. The number of carboxylic acids is 1. The van der Waals surface area contributed by atoms with Gasteiger partial charge >= 0.3 is 5.97 Å². The number of hydrogen-bond donors (Lipinski definition) is 4. The summed E-state index contributed by atoms with van der Waals surface area (Å²) in [4.78, 5) is 38.0. The smallest absolute Gasteiger partial charge is 0.352 e. The molecule has 1 aliphatic heterocycles. The van der Waals surface area contributed by atoms with Gasteiger partial charge in [-0.3, -0.25) is 9.59 Å². The number of aliphatic carboxylic acids is 1. The van der Waals surface area contributed by atoms with Crippen LogP contribution in [0.3, 0.4) is 0 Å². The van der Waals surface area contributed by atoms with Crippen LogP contribution in [0.4, 0.5) is 0 Å². The molecule has 208 valence electrons. The number of carboxylic acid groups (broad SMARTS) is 1. The normalized spacial score (nSPS) is 16.9. The van der Waals surface area contributed by atoms with Gasteiger partial charge in [0.25, 0.3) is 15.9 Å². The predicted molar refractivity (Wildman–Crippen MR) is 141 cm³/mol. The second kappa shape index (κ2) is 12.6. The Bertz CT molecular complexity index is 1200. The molecular formula is C27H37N3O7S. The molecule has 0 radical (unpaired) electrons. The van der Waals surface area contributed by atoms with Gasteiger partial charge in [-0.2, -0.15) is 0 Å². The highest BCUT2D eigenvalue weighted by atomic mass is 32.2. The van der Waals surface area contributed by atoms with Crippen LogP contribution in [0.25, 0.3) is 0 Å². The highest BCUT2D eigenvalue weighted by Crippen LogP contribution is 2.24. The third-order valence-corrected chi connectivity index (χ3v) is 8.20. The maximum atomic E-state index is 12.8. The van der Waals surface area contributed by atoms with Crippen molar-refractivity contribution in [2.24, 2.45) is 11.3 Å². The first-order valence-corrected chi connectivity index (χ1v) is 14.3. The molecule has 11 heteroatoms. The molecule has 0 atom stereocenters. The van der Waals surface area contributed by atoms with Crippen LogP contribution in [0.1, 0.15) is 51.5 Å². The van der Waals surface area contributed by atoms with E-state index in [4.69, 9.17) is 0 Å². The van der Waals surface area contributed by atoms with Gasteiger partial charge in [-0.05, 0) is 49.1 Å². The molecule has 1 aliphatic carbocycles. The second-order valence-corrected chi connectivity index (χ2v) is 12.4. The van der Waals surface area contributed by atoms with Crippen molar-refractivity contribution in [2.45, 2.75) is 57.3 Å². The monoisotopic (exact) mass is 547 g/mol. The minimum atomic E-state index is -4.17. The van der Waals surface area contributed by atoms with E-state index >= 15 is 0 Å². The van der Waals surface area contributed by atoms with Crippen molar-refractivity contribution >= 4 is 27.8 Å². The predicted octanol–water partition coefficient (Wildman–Crippen LogP) is 1.96. The summed E-state index contributed by atoms with van der Waals surface area (Å²) < 4.78 is 27.7. The van der Waals surface area contributed by atoms with Crippen molar-refractivity contribution in [2.75, 3.05) is 26.2 Å². The lowest BCUT2D eigenvalue weighted by atomic mass is 9.88. The highest BCUT2D eigenvalue weighted by molar-refractivity contribution is 7.90. The van der Waals surface area contributed by atoms with Crippen LogP contribution in [0, 0.1) is 11.3 Å². The lowest BCUT2D eigenvalue weighted by Gasteiger charge is -2.35. The molecule has 4 N–H and O–H groups in total. The van der Waals surface area contributed by atoms with E-state index in [1.807, 2.05) is 0 Å². The van der Waals surface area contributed by atoms with Gasteiger partial charge < -0.3 is 20.4 Å². The number of allylic oxidation sites excluding steroid dienone is 2. The molecule has 0 unspecified atom stereocenters. The van der Waals surface area contributed by atoms with Crippen molar-refractivity contribution in [3.05, 3.63) is 53.3 Å². The van der Waals surface area contributed by atoms with E-state index in [1.165, 1.54) is 35.6 Å². The van der Waals surface area contributed by atoms with Gasteiger partial charge in [0, 0.05) is 43.1 Å². The van der Waals surface area contributed by atoms with Crippen LogP contribution in [0.15, 0.2) is 52.6 Å². The zero-order chi connectivity index (χ0) is 27.9. The molecule has 0 spiro atoms. The van der Waals surface area contributed by atoms with E-state index in [9.17, 15) is 33.0 Å². The average molecular weight is 548 g/mol. The number of hydrogen-bond acceptors (Lipinski definition) is 7. The molecule has 0 aromatic heterocycles. The number of nitrogens with zero attached hydrogens (tertiary/aromatic N) is 1. The van der Waals surface area contributed by atoms with Crippen LogP contribution in [0.5, 0.6) is 0 Å². The van der Waals surface area contributed by atoms with E-state index in [2.05, 4.69) is 10.0 Å². The van der Waals surface area contributed by atoms with Gasteiger partial charge in [-0.25, -0.2) is 17.9 Å². The average Bonchev–Trinajstić information content (AvgIpc) is 2.88. The van der Waals surface area contributed by atoms with Gasteiger partial charge in [-0.1, -0.05) is 45.2 Å². The summed E-state index contributed by atoms with van der Waals surface area (Å²) in [6.45, 7) is 3.81. The van der Waals surface area contributed by atoms with E-state index in [1.54, 1.807) is 26.0 Å².